The van der Waals surface area contributed by atoms with Crippen LogP contribution in [0.4, 0.5) is 6.01 Å². The number of hydrogen-bond acceptors (Lipinski definition) is 4. The molecule has 2 aliphatic rings. The standard InChI is InChI=1S/C15H18N2O2/c1-2-5-13-12(4-1)16-14(19-13)17-8-3-6-15(10-17)7-9-18-11-15/h1-2,4-5H,3,6-11H2/t15-/m1/s1. The number of rotatable bonds is 1. The Balaban J connectivity index is 1.64. The van der Waals surface area contributed by atoms with Gasteiger partial charge in [0.25, 0.3) is 6.01 Å². The number of oxazole rings is 1. The lowest BCUT2D eigenvalue weighted by Crippen LogP contribution is -2.43. The van der Waals surface area contributed by atoms with Crippen molar-refractivity contribution in [2.75, 3.05) is 31.2 Å². The summed E-state index contributed by atoms with van der Waals surface area (Å²) in [6, 6.07) is 8.73. The largest absolute Gasteiger partial charge is 0.423 e. The Bertz CT molecular complexity index is 554. The second-order valence-electron chi connectivity index (χ2n) is 5.79. The van der Waals surface area contributed by atoms with E-state index >= 15 is 0 Å². The van der Waals surface area contributed by atoms with E-state index in [9.17, 15) is 0 Å². The lowest BCUT2D eigenvalue weighted by molar-refractivity contribution is 0.138. The number of hydrogen-bond donors (Lipinski definition) is 0. The Morgan fingerprint density at radius 2 is 2.16 bits per heavy atom. The van der Waals surface area contributed by atoms with Crippen LogP contribution in [0.3, 0.4) is 0 Å². The fourth-order valence-electron chi connectivity index (χ4n) is 3.34. The fraction of sp³-hybridized carbons (Fsp3) is 0.533. The molecule has 0 radical (unpaired) electrons. The van der Waals surface area contributed by atoms with Gasteiger partial charge in [-0.2, -0.15) is 4.98 Å². The van der Waals surface area contributed by atoms with E-state index in [-0.39, 0.29) is 0 Å². The van der Waals surface area contributed by atoms with Crippen LogP contribution in [-0.4, -0.2) is 31.3 Å². The average Bonchev–Trinajstić information content (AvgIpc) is 3.05. The van der Waals surface area contributed by atoms with Crippen molar-refractivity contribution in [2.45, 2.75) is 19.3 Å². The number of fused-ring (bicyclic) bond motifs is 1. The quantitative estimate of drug-likeness (QED) is 0.788. The summed E-state index contributed by atoms with van der Waals surface area (Å²) in [4.78, 5) is 6.90. The van der Waals surface area contributed by atoms with Gasteiger partial charge in [-0.05, 0) is 31.4 Å². The molecule has 2 aromatic rings. The van der Waals surface area contributed by atoms with Crippen LogP contribution in [0.15, 0.2) is 28.7 Å². The summed E-state index contributed by atoms with van der Waals surface area (Å²) in [5, 5.41) is 0. The molecule has 0 unspecified atom stereocenters. The molecule has 0 saturated carbocycles. The number of ether oxygens (including phenoxy) is 1. The predicted molar refractivity (Wildman–Crippen MR) is 73.3 cm³/mol. The third-order valence-electron chi connectivity index (χ3n) is 4.40. The first-order valence-electron chi connectivity index (χ1n) is 7.03. The lowest BCUT2D eigenvalue weighted by atomic mass is 9.79. The van der Waals surface area contributed by atoms with Gasteiger partial charge in [-0.15, -0.1) is 0 Å². The first kappa shape index (κ1) is 11.3. The number of piperidine rings is 1. The number of aromatic nitrogens is 1. The molecular weight excluding hydrogens is 240 g/mol. The zero-order valence-corrected chi connectivity index (χ0v) is 11.0. The minimum atomic E-state index is 0.332. The molecule has 1 aromatic heterocycles. The zero-order valence-electron chi connectivity index (χ0n) is 11.0. The van der Waals surface area contributed by atoms with Gasteiger partial charge < -0.3 is 14.1 Å². The topological polar surface area (TPSA) is 38.5 Å². The van der Waals surface area contributed by atoms with Gasteiger partial charge in [-0.1, -0.05) is 12.1 Å². The SMILES string of the molecule is c1ccc2oc(N3CCC[C@@]4(CCOC4)C3)nc2c1. The number of benzene rings is 1. The van der Waals surface area contributed by atoms with E-state index in [0.717, 1.165) is 43.4 Å². The van der Waals surface area contributed by atoms with Crippen molar-refractivity contribution in [3.63, 3.8) is 0 Å². The van der Waals surface area contributed by atoms with Crippen molar-refractivity contribution >= 4 is 17.1 Å². The molecule has 0 amide bonds. The Morgan fingerprint density at radius 1 is 1.21 bits per heavy atom. The van der Waals surface area contributed by atoms with Crippen molar-refractivity contribution in [2.24, 2.45) is 5.41 Å². The van der Waals surface area contributed by atoms with E-state index in [1.165, 1.54) is 19.3 Å². The van der Waals surface area contributed by atoms with Crippen molar-refractivity contribution in [3.05, 3.63) is 24.3 Å². The maximum Gasteiger partial charge on any atom is 0.298 e. The number of anilines is 1. The second kappa shape index (κ2) is 4.23. The average molecular weight is 258 g/mol. The van der Waals surface area contributed by atoms with Crippen LogP contribution in [0.2, 0.25) is 0 Å². The Hall–Kier alpha value is -1.55. The highest BCUT2D eigenvalue weighted by Gasteiger charge is 2.40. The van der Waals surface area contributed by atoms with Gasteiger partial charge in [-0.25, -0.2) is 0 Å². The molecule has 100 valence electrons. The molecule has 1 aromatic carbocycles. The van der Waals surface area contributed by atoms with Crippen LogP contribution in [0, 0.1) is 5.41 Å². The molecule has 0 N–H and O–H groups in total. The van der Waals surface area contributed by atoms with Crippen molar-refractivity contribution < 1.29 is 9.15 Å². The molecule has 2 aliphatic heterocycles. The molecule has 1 atom stereocenters. The van der Waals surface area contributed by atoms with Crippen LogP contribution in [-0.2, 0) is 4.74 Å². The molecule has 4 heteroatoms. The first-order valence-corrected chi connectivity index (χ1v) is 7.03. The van der Waals surface area contributed by atoms with Crippen molar-refractivity contribution in [3.8, 4) is 0 Å². The van der Waals surface area contributed by atoms with Crippen LogP contribution < -0.4 is 4.90 Å². The summed E-state index contributed by atoms with van der Waals surface area (Å²) in [6.07, 6.45) is 3.63. The Labute approximate surface area is 112 Å². The fourth-order valence-corrected chi connectivity index (χ4v) is 3.34. The van der Waals surface area contributed by atoms with Gasteiger partial charge in [0.1, 0.15) is 5.52 Å². The van der Waals surface area contributed by atoms with Gasteiger partial charge in [-0.3, -0.25) is 0 Å². The highest BCUT2D eigenvalue weighted by atomic mass is 16.5. The molecule has 0 aliphatic carbocycles. The van der Waals surface area contributed by atoms with Crippen LogP contribution in [0.25, 0.3) is 11.1 Å². The summed E-state index contributed by atoms with van der Waals surface area (Å²) in [6.45, 7) is 3.85. The third kappa shape index (κ3) is 1.91. The Kier molecular flexibility index (Phi) is 2.52. The van der Waals surface area contributed by atoms with E-state index in [1.807, 2.05) is 24.3 Å². The third-order valence-corrected chi connectivity index (χ3v) is 4.40. The molecule has 1 spiro atoms. The summed E-state index contributed by atoms with van der Waals surface area (Å²) >= 11 is 0. The van der Waals surface area contributed by atoms with E-state index in [2.05, 4.69) is 9.88 Å². The maximum atomic E-state index is 5.88. The lowest BCUT2D eigenvalue weighted by Gasteiger charge is -2.38. The molecule has 2 fully saturated rings. The van der Waals surface area contributed by atoms with Gasteiger partial charge in [0.2, 0.25) is 0 Å². The monoisotopic (exact) mass is 258 g/mol. The van der Waals surface area contributed by atoms with Gasteiger partial charge in [0.05, 0.1) is 6.61 Å². The summed E-state index contributed by atoms with van der Waals surface area (Å²) in [5.74, 6) is 0. The van der Waals surface area contributed by atoms with Crippen LogP contribution in [0.1, 0.15) is 19.3 Å². The molecule has 3 heterocycles. The van der Waals surface area contributed by atoms with E-state index in [0.29, 0.717) is 5.41 Å². The molecular formula is C15H18N2O2. The van der Waals surface area contributed by atoms with Crippen LogP contribution in [0.5, 0.6) is 0 Å². The molecule has 4 rings (SSSR count). The minimum absolute atomic E-state index is 0.332. The van der Waals surface area contributed by atoms with Gasteiger partial charge in [0, 0.05) is 25.1 Å². The number of para-hydroxylation sites is 2. The summed E-state index contributed by atoms with van der Waals surface area (Å²) in [7, 11) is 0. The van der Waals surface area contributed by atoms with E-state index in [4.69, 9.17) is 9.15 Å². The Morgan fingerprint density at radius 3 is 3.00 bits per heavy atom. The highest BCUT2D eigenvalue weighted by Crippen LogP contribution is 2.39. The maximum absolute atomic E-state index is 5.88. The molecule has 4 nitrogen and oxygen atoms in total. The molecule has 19 heavy (non-hydrogen) atoms. The smallest absolute Gasteiger partial charge is 0.298 e. The second-order valence-corrected chi connectivity index (χ2v) is 5.79. The summed E-state index contributed by atoms with van der Waals surface area (Å²) < 4.78 is 11.5. The van der Waals surface area contributed by atoms with Gasteiger partial charge >= 0.3 is 0 Å². The first-order chi connectivity index (χ1) is 9.35. The van der Waals surface area contributed by atoms with E-state index in [1.54, 1.807) is 0 Å². The molecule has 2 saturated heterocycles. The highest BCUT2D eigenvalue weighted by molar-refractivity contribution is 5.74. The van der Waals surface area contributed by atoms with Crippen LogP contribution >= 0.6 is 0 Å². The van der Waals surface area contributed by atoms with Crippen molar-refractivity contribution in [1.82, 2.24) is 4.98 Å². The normalized spacial score (nSPS) is 27.5. The zero-order chi connectivity index (χ0) is 12.7. The number of nitrogens with zero attached hydrogens (tertiary/aromatic N) is 2. The summed E-state index contributed by atoms with van der Waals surface area (Å²) in [5.41, 5.74) is 2.15. The van der Waals surface area contributed by atoms with E-state index < -0.39 is 0 Å². The van der Waals surface area contributed by atoms with Crippen molar-refractivity contribution in [1.29, 1.82) is 0 Å². The van der Waals surface area contributed by atoms with Gasteiger partial charge in [0.15, 0.2) is 5.58 Å². The predicted octanol–water partition coefficient (Wildman–Crippen LogP) is 2.83. The molecule has 0 bridgehead atoms. The minimum Gasteiger partial charge on any atom is -0.423 e.